The first-order chi connectivity index (χ1) is 11.2. The summed E-state index contributed by atoms with van der Waals surface area (Å²) in [6.07, 6.45) is 0. The van der Waals surface area contributed by atoms with E-state index in [2.05, 4.69) is 4.98 Å². The highest BCUT2D eigenvalue weighted by atomic mass is 16.4. The van der Waals surface area contributed by atoms with Gasteiger partial charge in [-0.25, -0.2) is 9.78 Å². The first kappa shape index (κ1) is 13.5. The SMILES string of the molecule is O=C(O)c1ccc2nc3ccccc3c(-c3ccccc3)c2c1. The fourth-order valence-corrected chi connectivity index (χ4v) is 2.94. The molecule has 0 radical (unpaired) electrons. The summed E-state index contributed by atoms with van der Waals surface area (Å²) in [5.74, 6) is -0.931. The molecule has 0 saturated carbocycles. The molecule has 4 aromatic rings. The summed E-state index contributed by atoms with van der Waals surface area (Å²) in [5, 5.41) is 11.2. The first-order valence-corrected chi connectivity index (χ1v) is 7.35. The van der Waals surface area contributed by atoms with Gasteiger partial charge in [-0.1, -0.05) is 48.5 Å². The van der Waals surface area contributed by atoms with Crippen molar-refractivity contribution in [3.8, 4) is 11.1 Å². The van der Waals surface area contributed by atoms with Gasteiger partial charge in [0.15, 0.2) is 0 Å². The number of carboxylic acids is 1. The molecular formula is C20H13NO2. The third kappa shape index (κ3) is 2.23. The van der Waals surface area contributed by atoms with Crippen molar-refractivity contribution >= 4 is 27.8 Å². The molecule has 0 unspecified atom stereocenters. The summed E-state index contributed by atoms with van der Waals surface area (Å²) in [6.45, 7) is 0. The maximum atomic E-state index is 11.3. The van der Waals surface area contributed by atoms with Crippen molar-refractivity contribution in [1.82, 2.24) is 4.98 Å². The Hall–Kier alpha value is -3.20. The summed E-state index contributed by atoms with van der Waals surface area (Å²) in [5.41, 5.74) is 4.05. The third-order valence-electron chi connectivity index (χ3n) is 3.99. The second-order valence-electron chi connectivity index (χ2n) is 5.41. The third-order valence-corrected chi connectivity index (χ3v) is 3.99. The van der Waals surface area contributed by atoms with Crippen LogP contribution in [0.3, 0.4) is 0 Å². The Kier molecular flexibility index (Phi) is 3.05. The van der Waals surface area contributed by atoms with Gasteiger partial charge < -0.3 is 5.11 Å². The number of hydrogen-bond acceptors (Lipinski definition) is 2. The van der Waals surface area contributed by atoms with E-state index in [4.69, 9.17) is 0 Å². The topological polar surface area (TPSA) is 50.2 Å². The molecule has 3 nitrogen and oxygen atoms in total. The molecule has 0 amide bonds. The van der Waals surface area contributed by atoms with E-state index < -0.39 is 5.97 Å². The smallest absolute Gasteiger partial charge is 0.335 e. The Morgan fingerprint density at radius 1 is 0.783 bits per heavy atom. The van der Waals surface area contributed by atoms with Gasteiger partial charge in [-0.3, -0.25) is 0 Å². The van der Waals surface area contributed by atoms with Crippen LogP contribution in [0.2, 0.25) is 0 Å². The molecule has 1 heterocycles. The van der Waals surface area contributed by atoms with Gasteiger partial charge in [-0.05, 0) is 29.8 Å². The van der Waals surface area contributed by atoms with Crippen LogP contribution < -0.4 is 0 Å². The largest absolute Gasteiger partial charge is 0.478 e. The zero-order valence-corrected chi connectivity index (χ0v) is 12.2. The van der Waals surface area contributed by atoms with Crippen molar-refractivity contribution in [3.63, 3.8) is 0 Å². The Bertz CT molecular complexity index is 1040. The Labute approximate surface area is 132 Å². The van der Waals surface area contributed by atoms with Gasteiger partial charge in [-0.2, -0.15) is 0 Å². The number of para-hydroxylation sites is 1. The van der Waals surface area contributed by atoms with Crippen molar-refractivity contribution in [2.24, 2.45) is 0 Å². The van der Waals surface area contributed by atoms with Crippen molar-refractivity contribution in [1.29, 1.82) is 0 Å². The van der Waals surface area contributed by atoms with E-state index in [-0.39, 0.29) is 5.56 Å². The first-order valence-electron chi connectivity index (χ1n) is 7.35. The van der Waals surface area contributed by atoms with Gasteiger partial charge in [0, 0.05) is 16.3 Å². The van der Waals surface area contributed by atoms with Crippen LogP contribution in [-0.2, 0) is 0 Å². The normalized spacial score (nSPS) is 11.0. The van der Waals surface area contributed by atoms with Crippen LogP contribution in [0.5, 0.6) is 0 Å². The monoisotopic (exact) mass is 299 g/mol. The lowest BCUT2D eigenvalue weighted by Crippen LogP contribution is -1.97. The van der Waals surface area contributed by atoms with Gasteiger partial charge >= 0.3 is 5.97 Å². The molecule has 3 heteroatoms. The summed E-state index contributed by atoms with van der Waals surface area (Å²) in [6, 6.07) is 23.0. The van der Waals surface area contributed by atoms with E-state index in [1.54, 1.807) is 18.2 Å². The number of aromatic nitrogens is 1. The Morgan fingerprint density at radius 3 is 2.26 bits per heavy atom. The van der Waals surface area contributed by atoms with E-state index >= 15 is 0 Å². The number of carboxylic acid groups (broad SMARTS) is 1. The second-order valence-corrected chi connectivity index (χ2v) is 5.41. The highest BCUT2D eigenvalue weighted by Gasteiger charge is 2.13. The minimum absolute atomic E-state index is 0.270. The predicted molar refractivity (Wildman–Crippen MR) is 91.6 cm³/mol. The average Bonchev–Trinajstić information content (AvgIpc) is 2.59. The standard InChI is InChI=1S/C20H13NO2/c22-20(23)14-10-11-18-16(12-14)19(13-6-2-1-3-7-13)15-8-4-5-9-17(15)21-18/h1-12H,(H,22,23). The highest BCUT2D eigenvalue weighted by molar-refractivity contribution is 6.10. The number of hydrogen-bond donors (Lipinski definition) is 1. The number of aromatic carboxylic acids is 1. The molecule has 23 heavy (non-hydrogen) atoms. The lowest BCUT2D eigenvalue weighted by Gasteiger charge is -2.11. The van der Waals surface area contributed by atoms with Crippen molar-refractivity contribution < 1.29 is 9.90 Å². The molecule has 0 atom stereocenters. The molecule has 110 valence electrons. The van der Waals surface area contributed by atoms with Gasteiger partial charge in [-0.15, -0.1) is 0 Å². The summed E-state index contributed by atoms with van der Waals surface area (Å²) < 4.78 is 0. The molecule has 4 rings (SSSR count). The van der Waals surface area contributed by atoms with Gasteiger partial charge in [0.25, 0.3) is 0 Å². The quantitative estimate of drug-likeness (QED) is 0.543. The van der Waals surface area contributed by atoms with Crippen LogP contribution in [0.1, 0.15) is 10.4 Å². The van der Waals surface area contributed by atoms with Crippen LogP contribution in [0.4, 0.5) is 0 Å². The molecular weight excluding hydrogens is 286 g/mol. The summed E-state index contributed by atoms with van der Waals surface area (Å²) in [4.78, 5) is 16.0. The molecule has 0 aliphatic heterocycles. The minimum atomic E-state index is -0.931. The predicted octanol–water partition coefficient (Wildman–Crippen LogP) is 4.75. The molecule has 0 spiro atoms. The van der Waals surface area contributed by atoms with E-state index in [1.165, 1.54) is 0 Å². The number of nitrogens with zero attached hydrogens (tertiary/aromatic N) is 1. The lowest BCUT2D eigenvalue weighted by molar-refractivity contribution is 0.0697. The Morgan fingerprint density at radius 2 is 1.48 bits per heavy atom. The summed E-state index contributed by atoms with van der Waals surface area (Å²) >= 11 is 0. The van der Waals surface area contributed by atoms with Crippen molar-refractivity contribution in [3.05, 3.63) is 78.4 Å². The van der Waals surface area contributed by atoms with Crippen LogP contribution in [0.15, 0.2) is 72.8 Å². The zero-order valence-electron chi connectivity index (χ0n) is 12.2. The second kappa shape index (κ2) is 5.21. The minimum Gasteiger partial charge on any atom is -0.478 e. The maximum absolute atomic E-state index is 11.3. The Balaban J connectivity index is 2.20. The molecule has 0 aliphatic carbocycles. The molecule has 0 fully saturated rings. The number of pyridine rings is 1. The van der Waals surface area contributed by atoms with Crippen LogP contribution in [-0.4, -0.2) is 16.1 Å². The van der Waals surface area contributed by atoms with Crippen molar-refractivity contribution in [2.75, 3.05) is 0 Å². The van der Waals surface area contributed by atoms with Crippen molar-refractivity contribution in [2.45, 2.75) is 0 Å². The van der Waals surface area contributed by atoms with E-state index in [9.17, 15) is 9.90 Å². The van der Waals surface area contributed by atoms with E-state index in [0.717, 1.165) is 32.9 Å². The highest BCUT2D eigenvalue weighted by Crippen LogP contribution is 2.35. The number of carbonyl (C=O) groups is 1. The fourth-order valence-electron chi connectivity index (χ4n) is 2.94. The summed E-state index contributed by atoms with van der Waals surface area (Å²) in [7, 11) is 0. The molecule has 1 N–H and O–H groups in total. The average molecular weight is 299 g/mol. The van der Waals surface area contributed by atoms with Gasteiger partial charge in [0.05, 0.1) is 16.6 Å². The molecule has 0 aliphatic rings. The fraction of sp³-hybridized carbons (Fsp3) is 0. The number of rotatable bonds is 2. The number of benzene rings is 3. The number of fused-ring (bicyclic) bond motifs is 2. The van der Waals surface area contributed by atoms with Gasteiger partial charge in [0.2, 0.25) is 0 Å². The van der Waals surface area contributed by atoms with Crippen LogP contribution in [0.25, 0.3) is 32.9 Å². The molecule has 3 aromatic carbocycles. The lowest BCUT2D eigenvalue weighted by atomic mass is 9.95. The molecule has 0 bridgehead atoms. The van der Waals surface area contributed by atoms with E-state index in [1.807, 2.05) is 54.6 Å². The van der Waals surface area contributed by atoms with E-state index in [0.29, 0.717) is 0 Å². The molecule has 1 aromatic heterocycles. The zero-order chi connectivity index (χ0) is 15.8. The van der Waals surface area contributed by atoms with Gasteiger partial charge in [0.1, 0.15) is 0 Å². The van der Waals surface area contributed by atoms with Crippen LogP contribution in [0, 0.1) is 0 Å². The van der Waals surface area contributed by atoms with Crippen LogP contribution >= 0.6 is 0 Å². The molecule has 0 saturated heterocycles. The maximum Gasteiger partial charge on any atom is 0.335 e.